The van der Waals surface area contributed by atoms with Gasteiger partial charge in [0.25, 0.3) is 5.91 Å². The van der Waals surface area contributed by atoms with Gasteiger partial charge < -0.3 is 14.4 Å². The zero-order valence-corrected chi connectivity index (χ0v) is 17.1. The van der Waals surface area contributed by atoms with E-state index < -0.39 is 5.97 Å². The van der Waals surface area contributed by atoms with Crippen LogP contribution in [0.4, 0.5) is 0 Å². The standard InChI is InChI=1S/C21H22BrNO4/c1-15(16-7-5-4-6-8-16)23(2)20(24)14-27-21(25)12-9-17-13-18(22)10-11-19(17)26-3/h4-13,15H,14H2,1-3H3/b12-9+. The van der Waals surface area contributed by atoms with Crippen molar-refractivity contribution in [3.8, 4) is 5.75 Å². The molecule has 0 fully saturated rings. The molecule has 0 spiro atoms. The summed E-state index contributed by atoms with van der Waals surface area (Å²) in [5.41, 5.74) is 1.74. The van der Waals surface area contributed by atoms with Gasteiger partial charge in [-0.1, -0.05) is 46.3 Å². The minimum absolute atomic E-state index is 0.112. The fraction of sp³-hybridized carbons (Fsp3) is 0.238. The summed E-state index contributed by atoms with van der Waals surface area (Å²) in [5, 5.41) is 0. The van der Waals surface area contributed by atoms with Gasteiger partial charge in [0, 0.05) is 23.2 Å². The van der Waals surface area contributed by atoms with Crippen LogP contribution in [0.25, 0.3) is 6.08 Å². The van der Waals surface area contributed by atoms with Gasteiger partial charge >= 0.3 is 5.97 Å². The summed E-state index contributed by atoms with van der Waals surface area (Å²) in [5.74, 6) is -0.228. The van der Waals surface area contributed by atoms with Gasteiger partial charge in [-0.25, -0.2) is 4.79 Å². The Balaban J connectivity index is 1.91. The van der Waals surface area contributed by atoms with Crippen molar-refractivity contribution in [1.29, 1.82) is 0 Å². The molecule has 27 heavy (non-hydrogen) atoms. The molecule has 1 atom stereocenters. The molecule has 2 rings (SSSR count). The van der Waals surface area contributed by atoms with Crippen LogP contribution < -0.4 is 4.74 Å². The molecule has 142 valence electrons. The minimum Gasteiger partial charge on any atom is -0.496 e. The molecule has 0 aliphatic rings. The number of esters is 1. The van der Waals surface area contributed by atoms with Crippen LogP contribution >= 0.6 is 15.9 Å². The lowest BCUT2D eigenvalue weighted by Gasteiger charge is -2.25. The molecule has 0 aliphatic heterocycles. The number of halogens is 1. The van der Waals surface area contributed by atoms with Crippen molar-refractivity contribution in [2.75, 3.05) is 20.8 Å². The Bertz CT molecular complexity index is 820. The van der Waals surface area contributed by atoms with Crippen LogP contribution in [0.5, 0.6) is 5.75 Å². The fourth-order valence-corrected chi connectivity index (χ4v) is 2.83. The molecule has 0 N–H and O–H groups in total. The van der Waals surface area contributed by atoms with E-state index in [0.29, 0.717) is 5.75 Å². The number of hydrogen-bond donors (Lipinski definition) is 0. The lowest BCUT2D eigenvalue weighted by Crippen LogP contribution is -2.33. The van der Waals surface area contributed by atoms with Gasteiger partial charge in [0.2, 0.25) is 0 Å². The Morgan fingerprint density at radius 3 is 2.56 bits per heavy atom. The Hall–Kier alpha value is -2.60. The topological polar surface area (TPSA) is 55.8 Å². The monoisotopic (exact) mass is 431 g/mol. The van der Waals surface area contributed by atoms with Crippen LogP contribution in [0.1, 0.15) is 24.1 Å². The van der Waals surface area contributed by atoms with Crippen molar-refractivity contribution in [1.82, 2.24) is 4.90 Å². The van der Waals surface area contributed by atoms with Crippen LogP contribution in [0.15, 0.2) is 59.1 Å². The first-order valence-electron chi connectivity index (χ1n) is 8.41. The van der Waals surface area contributed by atoms with Crippen LogP contribution in [-0.2, 0) is 14.3 Å². The highest BCUT2D eigenvalue weighted by Crippen LogP contribution is 2.24. The normalized spacial score (nSPS) is 11.9. The lowest BCUT2D eigenvalue weighted by atomic mass is 10.1. The van der Waals surface area contributed by atoms with Crippen LogP contribution in [-0.4, -0.2) is 37.5 Å². The lowest BCUT2D eigenvalue weighted by molar-refractivity contribution is -0.148. The minimum atomic E-state index is -0.592. The number of ether oxygens (including phenoxy) is 2. The number of rotatable bonds is 7. The van der Waals surface area contributed by atoms with E-state index in [4.69, 9.17) is 9.47 Å². The molecule has 0 saturated carbocycles. The van der Waals surface area contributed by atoms with E-state index in [1.807, 2.05) is 49.4 Å². The van der Waals surface area contributed by atoms with E-state index in [1.54, 1.807) is 31.2 Å². The number of methoxy groups -OCH3 is 1. The highest BCUT2D eigenvalue weighted by Gasteiger charge is 2.18. The van der Waals surface area contributed by atoms with Gasteiger partial charge in [0.15, 0.2) is 6.61 Å². The zero-order valence-electron chi connectivity index (χ0n) is 15.5. The number of benzene rings is 2. The third-order valence-electron chi connectivity index (χ3n) is 4.18. The number of nitrogens with zero attached hydrogens (tertiary/aromatic N) is 1. The number of amides is 1. The van der Waals surface area contributed by atoms with E-state index in [-0.39, 0.29) is 18.6 Å². The Labute approximate surface area is 167 Å². The number of hydrogen-bond acceptors (Lipinski definition) is 4. The molecule has 1 amide bonds. The third kappa shape index (κ3) is 5.96. The molecule has 5 nitrogen and oxygen atoms in total. The Kier molecular flexibility index (Phi) is 7.61. The quantitative estimate of drug-likeness (QED) is 0.486. The number of carbonyl (C=O) groups excluding carboxylic acids is 2. The molecule has 0 aromatic heterocycles. The average Bonchev–Trinajstić information content (AvgIpc) is 2.70. The average molecular weight is 432 g/mol. The highest BCUT2D eigenvalue weighted by molar-refractivity contribution is 9.10. The largest absolute Gasteiger partial charge is 0.496 e. The maximum atomic E-state index is 12.3. The molecule has 0 aliphatic carbocycles. The maximum absolute atomic E-state index is 12.3. The van der Waals surface area contributed by atoms with Gasteiger partial charge in [-0.05, 0) is 36.8 Å². The van der Waals surface area contributed by atoms with E-state index in [0.717, 1.165) is 15.6 Å². The predicted molar refractivity (Wildman–Crippen MR) is 108 cm³/mol. The van der Waals surface area contributed by atoms with Crippen molar-refractivity contribution in [3.63, 3.8) is 0 Å². The summed E-state index contributed by atoms with van der Waals surface area (Å²) < 4.78 is 11.2. The molecule has 6 heteroatoms. The molecular formula is C21H22BrNO4. The van der Waals surface area contributed by atoms with E-state index in [9.17, 15) is 9.59 Å². The van der Waals surface area contributed by atoms with Crippen molar-refractivity contribution >= 4 is 33.9 Å². The second-order valence-electron chi connectivity index (χ2n) is 5.92. The number of carbonyl (C=O) groups is 2. The second-order valence-corrected chi connectivity index (χ2v) is 6.83. The molecule has 2 aromatic carbocycles. The van der Waals surface area contributed by atoms with Gasteiger partial charge in [-0.3, -0.25) is 4.79 Å². The van der Waals surface area contributed by atoms with Gasteiger partial charge in [-0.15, -0.1) is 0 Å². The molecule has 1 unspecified atom stereocenters. The zero-order chi connectivity index (χ0) is 19.8. The molecular weight excluding hydrogens is 410 g/mol. The van der Waals surface area contributed by atoms with Crippen molar-refractivity contribution in [2.24, 2.45) is 0 Å². The highest BCUT2D eigenvalue weighted by atomic mass is 79.9. The van der Waals surface area contributed by atoms with E-state index in [2.05, 4.69) is 15.9 Å². The maximum Gasteiger partial charge on any atom is 0.331 e. The van der Waals surface area contributed by atoms with Crippen molar-refractivity contribution in [2.45, 2.75) is 13.0 Å². The summed E-state index contributed by atoms with van der Waals surface area (Å²) in [7, 11) is 3.25. The second kappa shape index (κ2) is 9.92. The first-order chi connectivity index (χ1) is 12.9. The van der Waals surface area contributed by atoms with Crippen LogP contribution in [0, 0.1) is 0 Å². The first kappa shape index (κ1) is 20.7. The summed E-state index contributed by atoms with van der Waals surface area (Å²) in [6.45, 7) is 1.61. The Morgan fingerprint density at radius 1 is 1.19 bits per heavy atom. The Morgan fingerprint density at radius 2 is 1.89 bits per heavy atom. The van der Waals surface area contributed by atoms with Gasteiger partial charge in [-0.2, -0.15) is 0 Å². The van der Waals surface area contributed by atoms with E-state index in [1.165, 1.54) is 6.08 Å². The van der Waals surface area contributed by atoms with Crippen molar-refractivity contribution < 1.29 is 19.1 Å². The van der Waals surface area contributed by atoms with Gasteiger partial charge in [0.05, 0.1) is 13.2 Å². The van der Waals surface area contributed by atoms with E-state index >= 15 is 0 Å². The predicted octanol–water partition coefficient (Wildman–Crippen LogP) is 4.23. The third-order valence-corrected chi connectivity index (χ3v) is 4.68. The first-order valence-corrected chi connectivity index (χ1v) is 9.20. The summed E-state index contributed by atoms with van der Waals surface area (Å²) in [6, 6.07) is 15.0. The van der Waals surface area contributed by atoms with Gasteiger partial charge in [0.1, 0.15) is 5.75 Å². The molecule has 0 heterocycles. The van der Waals surface area contributed by atoms with Crippen LogP contribution in [0.3, 0.4) is 0 Å². The summed E-state index contributed by atoms with van der Waals surface area (Å²) in [4.78, 5) is 25.8. The molecule has 0 bridgehead atoms. The molecule has 2 aromatic rings. The smallest absolute Gasteiger partial charge is 0.331 e. The van der Waals surface area contributed by atoms with Crippen molar-refractivity contribution in [3.05, 3.63) is 70.2 Å². The fourth-order valence-electron chi connectivity index (χ4n) is 2.45. The summed E-state index contributed by atoms with van der Waals surface area (Å²) >= 11 is 3.38. The molecule has 0 saturated heterocycles. The van der Waals surface area contributed by atoms with Crippen LogP contribution in [0.2, 0.25) is 0 Å². The SMILES string of the molecule is COc1ccc(Br)cc1/C=C/C(=O)OCC(=O)N(C)C(C)c1ccccc1. The number of likely N-dealkylation sites (N-methyl/N-ethyl adjacent to an activating group) is 1. The summed E-state index contributed by atoms with van der Waals surface area (Å²) in [6.07, 6.45) is 2.87. The molecule has 0 radical (unpaired) electrons.